The van der Waals surface area contributed by atoms with Crippen molar-refractivity contribution in [1.29, 1.82) is 0 Å². The van der Waals surface area contributed by atoms with E-state index in [2.05, 4.69) is 15.4 Å². The van der Waals surface area contributed by atoms with Gasteiger partial charge in [-0.25, -0.2) is 4.39 Å². The van der Waals surface area contributed by atoms with Crippen molar-refractivity contribution in [3.8, 4) is 5.69 Å². The van der Waals surface area contributed by atoms with Crippen LogP contribution < -0.4 is 32.4 Å². The number of pyridine rings is 1. The van der Waals surface area contributed by atoms with Crippen molar-refractivity contribution in [2.75, 3.05) is 10.6 Å². The van der Waals surface area contributed by atoms with Gasteiger partial charge in [-0.2, -0.15) is 0 Å². The van der Waals surface area contributed by atoms with Crippen molar-refractivity contribution in [3.63, 3.8) is 0 Å². The molecule has 2 aliphatic rings. The molecule has 2 aromatic carbocycles. The van der Waals surface area contributed by atoms with Crippen LogP contribution in [0.25, 0.3) is 5.69 Å². The van der Waals surface area contributed by atoms with E-state index in [1.165, 1.54) is 28.6 Å². The molecule has 1 fully saturated rings. The number of rotatable bonds is 8. The molecule has 0 bridgehead atoms. The number of amides is 2. The molecule has 2 unspecified atom stereocenters. The van der Waals surface area contributed by atoms with Crippen LogP contribution in [0.2, 0.25) is 0 Å². The van der Waals surface area contributed by atoms with E-state index in [1.54, 1.807) is 30.5 Å². The smallest absolute Gasteiger partial charge is 0.255 e. The second kappa shape index (κ2) is 9.41. The van der Waals surface area contributed by atoms with Crippen molar-refractivity contribution in [2.24, 2.45) is 11.5 Å². The molecule has 0 radical (unpaired) electrons. The highest BCUT2D eigenvalue weighted by Crippen LogP contribution is 2.53. The first-order chi connectivity index (χ1) is 17.7. The highest BCUT2D eigenvalue weighted by Gasteiger charge is 2.60. The van der Waals surface area contributed by atoms with E-state index in [0.29, 0.717) is 17.8 Å². The number of nitrogens with one attached hydrogen (secondary N) is 3. The van der Waals surface area contributed by atoms with Crippen LogP contribution in [0.5, 0.6) is 0 Å². The number of carbonyl (C=O) groups is 2. The van der Waals surface area contributed by atoms with Crippen LogP contribution in [0.1, 0.15) is 35.2 Å². The number of nitrogens with two attached hydrogens (primary N) is 2. The summed E-state index contributed by atoms with van der Waals surface area (Å²) in [7, 11) is 0. The Labute approximate surface area is 216 Å². The number of hydrogen-bond acceptors (Lipinski definition) is 7. The van der Waals surface area contributed by atoms with Gasteiger partial charge in [-0.05, 0) is 67.3 Å². The first kappa shape index (κ1) is 24.6. The zero-order valence-electron chi connectivity index (χ0n) is 19.8. The summed E-state index contributed by atoms with van der Waals surface area (Å²) in [5.74, 6) is -2.45. The van der Waals surface area contributed by atoms with Crippen molar-refractivity contribution in [1.82, 2.24) is 9.29 Å². The van der Waals surface area contributed by atoms with Crippen molar-refractivity contribution in [3.05, 3.63) is 99.2 Å². The van der Waals surface area contributed by atoms with Gasteiger partial charge in [0.15, 0.2) is 0 Å². The molecule has 37 heavy (non-hydrogen) atoms. The lowest BCUT2D eigenvalue weighted by atomic mass is 10.0. The first-order valence-corrected chi connectivity index (χ1v) is 12.4. The Morgan fingerprint density at radius 1 is 1.14 bits per heavy atom. The second-order valence-electron chi connectivity index (χ2n) is 9.12. The van der Waals surface area contributed by atoms with Gasteiger partial charge in [-0.3, -0.25) is 23.7 Å². The zero-order chi connectivity index (χ0) is 26.3. The quantitative estimate of drug-likeness (QED) is 0.287. The number of aromatic nitrogens is 1. The van der Waals surface area contributed by atoms with Crippen LogP contribution in [-0.2, 0) is 4.79 Å². The fraction of sp³-hybridized carbons (Fsp3) is 0.192. The van der Waals surface area contributed by atoms with E-state index >= 15 is 4.39 Å². The van der Waals surface area contributed by atoms with Crippen LogP contribution >= 0.6 is 11.9 Å². The molecule has 1 aliphatic heterocycles. The van der Waals surface area contributed by atoms with E-state index < -0.39 is 23.2 Å². The lowest BCUT2D eigenvalue weighted by Gasteiger charge is -2.20. The lowest BCUT2D eigenvalue weighted by molar-refractivity contribution is -0.119. The molecule has 2 amide bonds. The Morgan fingerprint density at radius 2 is 1.89 bits per heavy atom. The van der Waals surface area contributed by atoms with Gasteiger partial charge in [-0.1, -0.05) is 18.2 Å². The summed E-state index contributed by atoms with van der Waals surface area (Å²) in [6.45, 7) is 1.96. The van der Waals surface area contributed by atoms with Crippen molar-refractivity contribution < 1.29 is 14.0 Å². The Hall–Kier alpha value is -4.09. The summed E-state index contributed by atoms with van der Waals surface area (Å²) in [4.78, 5) is 36.7. The van der Waals surface area contributed by atoms with Gasteiger partial charge >= 0.3 is 0 Å². The molecule has 1 aromatic heterocycles. The average molecular weight is 521 g/mol. The van der Waals surface area contributed by atoms with E-state index in [1.807, 2.05) is 25.1 Å². The standard InChI is InChI=1S/C26H25FN6O3S/c1-14-10-22(37-32-14)30-20-12-21(19(27)11-17(20)24(28)35)31-26(25(29)36)13-18(26)15-5-7-16(8-6-15)33-9-3-2-4-23(33)34/h2-12,14,18,30-32H,13H2,1H3,(H2,28,35)(H2,29,36)/t14?,18-,26?/m1/s1. The number of nitrogens with zero attached hydrogens (tertiary/aromatic N) is 1. The summed E-state index contributed by atoms with van der Waals surface area (Å²) in [5, 5.41) is 6.84. The first-order valence-electron chi connectivity index (χ1n) is 11.6. The van der Waals surface area contributed by atoms with Crippen LogP contribution in [-0.4, -0.2) is 28.0 Å². The van der Waals surface area contributed by atoms with Gasteiger partial charge in [0.05, 0.1) is 22.0 Å². The summed E-state index contributed by atoms with van der Waals surface area (Å²) in [6, 6.07) is 14.7. The molecular formula is C26H25FN6O3S. The molecule has 11 heteroatoms. The molecule has 1 saturated carbocycles. The van der Waals surface area contributed by atoms with Gasteiger partial charge in [0, 0.05) is 29.9 Å². The second-order valence-corrected chi connectivity index (χ2v) is 10.0. The molecule has 2 heterocycles. The number of halogens is 1. The minimum absolute atomic E-state index is 0.0173. The Balaban J connectivity index is 1.43. The molecular weight excluding hydrogens is 495 g/mol. The minimum atomic E-state index is -1.21. The highest BCUT2D eigenvalue weighted by molar-refractivity contribution is 8.01. The summed E-state index contributed by atoms with van der Waals surface area (Å²) >= 11 is 1.34. The predicted octanol–water partition coefficient (Wildman–Crippen LogP) is 2.79. The monoisotopic (exact) mass is 520 g/mol. The van der Waals surface area contributed by atoms with Crippen molar-refractivity contribution >= 4 is 35.1 Å². The fourth-order valence-electron chi connectivity index (χ4n) is 4.51. The zero-order valence-corrected chi connectivity index (χ0v) is 20.6. The molecule has 1 aliphatic carbocycles. The van der Waals surface area contributed by atoms with Gasteiger partial charge in [-0.15, -0.1) is 0 Å². The predicted molar refractivity (Wildman–Crippen MR) is 142 cm³/mol. The highest BCUT2D eigenvalue weighted by atomic mass is 32.2. The SMILES string of the molecule is CC1C=C(Nc2cc(NC3(C(N)=O)C[C@@H]3c3ccc(-n4ccccc4=O)cc3)c(F)cc2C(N)=O)SN1. The van der Waals surface area contributed by atoms with Gasteiger partial charge < -0.3 is 22.1 Å². The van der Waals surface area contributed by atoms with Gasteiger partial charge in [0.2, 0.25) is 5.91 Å². The Bertz CT molecular complexity index is 1490. The molecule has 3 atom stereocenters. The summed E-state index contributed by atoms with van der Waals surface area (Å²) < 4.78 is 19.7. The van der Waals surface area contributed by atoms with E-state index in [4.69, 9.17) is 11.5 Å². The number of hydrogen-bond donors (Lipinski definition) is 5. The molecule has 5 rings (SSSR count). The third-order valence-electron chi connectivity index (χ3n) is 6.54. The number of carbonyl (C=O) groups excluding carboxylic acids is 2. The molecule has 9 nitrogen and oxygen atoms in total. The summed E-state index contributed by atoms with van der Waals surface area (Å²) in [6.07, 6.45) is 3.95. The Morgan fingerprint density at radius 3 is 2.51 bits per heavy atom. The molecule has 3 aromatic rings. The van der Waals surface area contributed by atoms with E-state index in [9.17, 15) is 14.4 Å². The summed E-state index contributed by atoms with van der Waals surface area (Å²) in [5.41, 5.74) is 11.7. The lowest BCUT2D eigenvalue weighted by Crippen LogP contribution is -2.39. The number of primary amides is 2. The number of anilines is 2. The fourth-order valence-corrected chi connectivity index (χ4v) is 5.33. The molecule has 0 saturated heterocycles. The van der Waals surface area contributed by atoms with Crippen LogP contribution in [0.3, 0.4) is 0 Å². The topological polar surface area (TPSA) is 144 Å². The van der Waals surface area contributed by atoms with Crippen molar-refractivity contribution in [2.45, 2.75) is 30.8 Å². The van der Waals surface area contributed by atoms with Crippen LogP contribution in [0.15, 0.2) is 76.7 Å². The van der Waals surface area contributed by atoms with Crippen LogP contribution in [0.4, 0.5) is 15.8 Å². The average Bonchev–Trinajstić information content (AvgIpc) is 3.46. The third-order valence-corrected chi connectivity index (χ3v) is 7.49. The maximum atomic E-state index is 15.1. The maximum absolute atomic E-state index is 15.1. The molecule has 190 valence electrons. The molecule has 7 N–H and O–H groups in total. The van der Waals surface area contributed by atoms with Gasteiger partial charge in [0.1, 0.15) is 11.4 Å². The van der Waals surface area contributed by atoms with E-state index in [0.717, 1.165) is 16.7 Å². The van der Waals surface area contributed by atoms with Gasteiger partial charge in [0.25, 0.3) is 11.5 Å². The number of benzene rings is 2. The van der Waals surface area contributed by atoms with E-state index in [-0.39, 0.29) is 28.8 Å². The third kappa shape index (κ3) is 4.70. The molecule has 0 spiro atoms. The Kier molecular flexibility index (Phi) is 6.26. The minimum Gasteiger partial charge on any atom is -0.368 e. The largest absolute Gasteiger partial charge is 0.368 e. The normalized spacial score (nSPS) is 22.3. The maximum Gasteiger partial charge on any atom is 0.255 e. The van der Waals surface area contributed by atoms with Crippen LogP contribution in [0, 0.1) is 5.82 Å².